The highest BCUT2D eigenvalue weighted by molar-refractivity contribution is 5.76. The van der Waals surface area contributed by atoms with Gasteiger partial charge in [0.05, 0.1) is 25.4 Å². The summed E-state index contributed by atoms with van der Waals surface area (Å²) in [6, 6.07) is -0.542. The van der Waals surface area contributed by atoms with E-state index in [4.69, 9.17) is 4.74 Å². The maximum Gasteiger partial charge on any atom is 0.305 e. The van der Waals surface area contributed by atoms with Crippen LogP contribution in [0, 0.1) is 0 Å². The van der Waals surface area contributed by atoms with Gasteiger partial charge in [0.25, 0.3) is 0 Å². The summed E-state index contributed by atoms with van der Waals surface area (Å²) in [7, 11) is 0. The summed E-state index contributed by atoms with van der Waals surface area (Å²) in [5.41, 5.74) is 0. The Balaban J connectivity index is 3.38. The summed E-state index contributed by atoms with van der Waals surface area (Å²) < 4.78 is 5.50. The minimum absolute atomic E-state index is 0.0171. The maximum absolute atomic E-state index is 12.6. The van der Waals surface area contributed by atoms with Crippen molar-refractivity contribution in [2.45, 2.75) is 456 Å². The van der Waals surface area contributed by atoms with Crippen molar-refractivity contribution in [3.05, 3.63) is 24.3 Å². The highest BCUT2D eigenvalue weighted by Gasteiger charge is 2.20. The summed E-state index contributed by atoms with van der Waals surface area (Å²) in [5, 5.41) is 23.5. The molecule has 6 heteroatoms. The fourth-order valence-electron chi connectivity index (χ4n) is 12.6. The van der Waals surface area contributed by atoms with Crippen molar-refractivity contribution in [2.24, 2.45) is 0 Å². The van der Waals surface area contributed by atoms with E-state index in [0.29, 0.717) is 25.9 Å². The van der Waals surface area contributed by atoms with E-state index in [-0.39, 0.29) is 18.5 Å². The molecule has 0 rings (SSSR count). The SMILES string of the molecule is CCCCCCCCCCCCCCCCCCCCCCCCC(O)C(CO)NC(=O)CCCCCCCCCCCCCCCCC/C=C\C/C=C\CCCCCCCCCCCOC(=O)CCCCCCCCCCCCCCCCC. The molecular weight excluding hydrogens is 1040 g/mol. The van der Waals surface area contributed by atoms with Gasteiger partial charge in [-0.2, -0.15) is 0 Å². The average molecular weight is 1200 g/mol. The average Bonchev–Trinajstić information content (AvgIpc) is 3.51. The van der Waals surface area contributed by atoms with E-state index >= 15 is 0 Å². The Morgan fingerprint density at radius 2 is 0.588 bits per heavy atom. The highest BCUT2D eigenvalue weighted by atomic mass is 16.5. The first-order valence-electron chi connectivity index (χ1n) is 39.1. The smallest absolute Gasteiger partial charge is 0.305 e. The van der Waals surface area contributed by atoms with Crippen LogP contribution >= 0.6 is 0 Å². The molecule has 0 radical (unpaired) electrons. The lowest BCUT2D eigenvalue weighted by atomic mass is 10.0. The lowest BCUT2D eigenvalue weighted by molar-refractivity contribution is -0.143. The molecule has 0 aromatic heterocycles. The van der Waals surface area contributed by atoms with Gasteiger partial charge < -0.3 is 20.3 Å². The molecule has 1 amide bonds. The fourth-order valence-corrected chi connectivity index (χ4v) is 12.6. The quantitative estimate of drug-likeness (QED) is 0.0320. The van der Waals surface area contributed by atoms with Crippen LogP contribution in [0.2, 0.25) is 0 Å². The molecule has 0 aromatic carbocycles. The molecule has 85 heavy (non-hydrogen) atoms. The van der Waals surface area contributed by atoms with Crippen LogP contribution in [0.4, 0.5) is 0 Å². The lowest BCUT2D eigenvalue weighted by Crippen LogP contribution is -2.45. The molecule has 0 fully saturated rings. The molecule has 0 saturated carbocycles. The van der Waals surface area contributed by atoms with Crippen molar-refractivity contribution in [3.63, 3.8) is 0 Å². The number of unbranched alkanes of at least 4 members (excludes halogenated alkanes) is 59. The van der Waals surface area contributed by atoms with Crippen molar-refractivity contribution < 1.29 is 24.5 Å². The van der Waals surface area contributed by atoms with E-state index < -0.39 is 12.1 Å². The minimum Gasteiger partial charge on any atom is -0.466 e. The third-order valence-electron chi connectivity index (χ3n) is 18.5. The topological polar surface area (TPSA) is 95.9 Å². The standard InChI is InChI=1S/C79H153NO5/c1-3-5-7-9-11-13-15-17-19-20-21-22-34-37-40-44-47-51-55-59-63-67-71-77(82)76(75-81)80-78(83)72-68-64-60-56-52-48-45-41-38-35-32-30-28-26-24-23-25-27-29-31-33-36-39-42-46-50-54-58-62-66-70-74-85-79(84)73-69-65-61-57-53-49-43-18-16-14-12-10-8-6-4-2/h25,27,31,33,76-77,81-82H,3-24,26,28-30,32,34-75H2,1-2H3,(H,80,83)/b27-25-,33-31-. The fraction of sp³-hybridized carbons (Fsp3) is 0.924. The molecule has 0 bridgehead atoms. The van der Waals surface area contributed by atoms with Gasteiger partial charge in [-0.15, -0.1) is 0 Å². The molecule has 0 spiro atoms. The van der Waals surface area contributed by atoms with Crippen molar-refractivity contribution in [3.8, 4) is 0 Å². The third-order valence-corrected chi connectivity index (χ3v) is 18.5. The number of carbonyl (C=O) groups is 2. The van der Waals surface area contributed by atoms with Gasteiger partial charge in [-0.25, -0.2) is 0 Å². The number of allylic oxidation sites excluding steroid dienone is 4. The number of ether oxygens (including phenoxy) is 1. The molecule has 3 N–H and O–H groups in total. The zero-order chi connectivity index (χ0) is 61.3. The molecule has 0 aliphatic rings. The normalized spacial score (nSPS) is 12.6. The van der Waals surface area contributed by atoms with Crippen LogP contribution < -0.4 is 5.32 Å². The summed E-state index contributed by atoms with van der Waals surface area (Å²) >= 11 is 0. The van der Waals surface area contributed by atoms with E-state index in [2.05, 4.69) is 43.5 Å². The Morgan fingerprint density at radius 3 is 0.894 bits per heavy atom. The molecule has 0 aromatic rings. The number of hydrogen-bond acceptors (Lipinski definition) is 5. The van der Waals surface area contributed by atoms with Crippen molar-refractivity contribution in [1.29, 1.82) is 0 Å². The first-order chi connectivity index (χ1) is 42.0. The van der Waals surface area contributed by atoms with Crippen LogP contribution in [0.25, 0.3) is 0 Å². The van der Waals surface area contributed by atoms with Crippen LogP contribution in [0.1, 0.15) is 444 Å². The molecule has 0 saturated heterocycles. The van der Waals surface area contributed by atoms with Crippen molar-refractivity contribution in [1.82, 2.24) is 5.32 Å². The molecule has 0 heterocycles. The van der Waals surface area contributed by atoms with E-state index in [0.717, 1.165) is 44.9 Å². The lowest BCUT2D eigenvalue weighted by Gasteiger charge is -2.22. The molecule has 504 valence electrons. The van der Waals surface area contributed by atoms with E-state index in [1.807, 2.05) is 0 Å². The van der Waals surface area contributed by atoms with Crippen LogP contribution in [0.15, 0.2) is 24.3 Å². The van der Waals surface area contributed by atoms with Crippen molar-refractivity contribution in [2.75, 3.05) is 13.2 Å². The zero-order valence-electron chi connectivity index (χ0n) is 57.9. The van der Waals surface area contributed by atoms with Gasteiger partial charge in [0.1, 0.15) is 0 Å². The predicted octanol–water partition coefficient (Wildman–Crippen LogP) is 25.7. The van der Waals surface area contributed by atoms with Gasteiger partial charge in [-0.3, -0.25) is 9.59 Å². The van der Waals surface area contributed by atoms with E-state index in [9.17, 15) is 19.8 Å². The van der Waals surface area contributed by atoms with Crippen molar-refractivity contribution >= 4 is 11.9 Å². The first kappa shape index (κ1) is 83.3. The predicted molar refractivity (Wildman–Crippen MR) is 375 cm³/mol. The Hall–Kier alpha value is -1.66. The van der Waals surface area contributed by atoms with E-state index in [1.54, 1.807) is 0 Å². The van der Waals surface area contributed by atoms with Gasteiger partial charge >= 0.3 is 5.97 Å². The number of nitrogens with one attached hydrogen (secondary N) is 1. The van der Waals surface area contributed by atoms with Crippen LogP contribution in [-0.2, 0) is 14.3 Å². The summed E-state index contributed by atoms with van der Waals surface area (Å²) in [4.78, 5) is 24.6. The second kappa shape index (κ2) is 74.8. The van der Waals surface area contributed by atoms with Crippen LogP contribution in [0.3, 0.4) is 0 Å². The Bertz CT molecular complexity index is 1330. The molecule has 2 atom stereocenters. The van der Waals surface area contributed by atoms with Gasteiger partial charge in [0.15, 0.2) is 0 Å². The zero-order valence-corrected chi connectivity index (χ0v) is 57.9. The number of rotatable bonds is 74. The summed E-state index contributed by atoms with van der Waals surface area (Å²) in [5.74, 6) is -0.0119. The second-order valence-electron chi connectivity index (χ2n) is 27.0. The minimum atomic E-state index is -0.665. The van der Waals surface area contributed by atoms with Gasteiger partial charge in [-0.1, -0.05) is 398 Å². The maximum atomic E-state index is 12.6. The molecular formula is C79H153NO5. The molecule has 2 unspecified atom stereocenters. The largest absolute Gasteiger partial charge is 0.466 e. The van der Waals surface area contributed by atoms with Gasteiger partial charge in [0, 0.05) is 12.8 Å². The Morgan fingerprint density at radius 1 is 0.329 bits per heavy atom. The molecule has 6 nitrogen and oxygen atoms in total. The summed E-state index contributed by atoms with van der Waals surface area (Å²) in [6.45, 7) is 5.00. The third kappa shape index (κ3) is 71.3. The molecule has 0 aliphatic carbocycles. The Labute approximate surface area is 532 Å². The second-order valence-corrected chi connectivity index (χ2v) is 27.0. The highest BCUT2D eigenvalue weighted by Crippen LogP contribution is 2.20. The number of hydrogen-bond donors (Lipinski definition) is 3. The number of aliphatic hydroxyl groups excluding tert-OH is 2. The van der Waals surface area contributed by atoms with E-state index in [1.165, 1.54) is 366 Å². The summed E-state index contributed by atoms with van der Waals surface area (Å²) in [6.07, 6.45) is 95.4. The molecule has 0 aliphatic heterocycles. The van der Waals surface area contributed by atoms with Crippen LogP contribution in [-0.4, -0.2) is 47.4 Å². The monoisotopic (exact) mass is 1200 g/mol. The first-order valence-corrected chi connectivity index (χ1v) is 39.1. The number of carbonyl (C=O) groups excluding carboxylic acids is 2. The number of aliphatic hydroxyl groups is 2. The van der Waals surface area contributed by atoms with Gasteiger partial charge in [0.2, 0.25) is 5.91 Å². The van der Waals surface area contributed by atoms with Gasteiger partial charge in [-0.05, 0) is 57.8 Å². The number of amides is 1. The Kier molecular flexibility index (Phi) is 73.3. The van der Waals surface area contributed by atoms with Crippen LogP contribution in [0.5, 0.6) is 0 Å². The number of esters is 1.